The molecule has 90 valence electrons. The van der Waals surface area contributed by atoms with Crippen LogP contribution in [0.2, 0.25) is 0 Å². The number of carbonyl (C=O) groups excluding carboxylic acids is 1. The van der Waals surface area contributed by atoms with Crippen molar-refractivity contribution >= 4 is 5.78 Å². The van der Waals surface area contributed by atoms with E-state index in [2.05, 4.69) is 12.2 Å². The van der Waals surface area contributed by atoms with Crippen LogP contribution in [-0.4, -0.2) is 45.3 Å². The van der Waals surface area contributed by atoms with E-state index in [9.17, 15) is 4.79 Å². The van der Waals surface area contributed by atoms with Crippen LogP contribution < -0.4 is 5.32 Å². The highest BCUT2D eigenvalue weighted by atomic mass is 16.5. The highest BCUT2D eigenvalue weighted by molar-refractivity contribution is 5.81. The number of rotatable bonds is 10. The van der Waals surface area contributed by atoms with E-state index < -0.39 is 0 Å². The number of nitrogens with one attached hydrogen (secondary N) is 1. The summed E-state index contributed by atoms with van der Waals surface area (Å²) in [5.41, 5.74) is 0. The minimum absolute atomic E-state index is 0.0553. The molecular formula is C11H23NO3. The van der Waals surface area contributed by atoms with Gasteiger partial charge in [0, 0.05) is 12.5 Å². The summed E-state index contributed by atoms with van der Waals surface area (Å²) < 4.78 is 10.4. The third-order valence-corrected chi connectivity index (χ3v) is 1.93. The Kier molecular flexibility index (Phi) is 9.78. The maximum absolute atomic E-state index is 11.1. The van der Waals surface area contributed by atoms with Crippen molar-refractivity contribution in [3.8, 4) is 0 Å². The molecule has 0 aliphatic heterocycles. The molecule has 15 heavy (non-hydrogen) atoms. The fourth-order valence-electron chi connectivity index (χ4n) is 0.880. The molecule has 0 fully saturated rings. The Bertz CT molecular complexity index is 160. The van der Waals surface area contributed by atoms with E-state index in [1.54, 1.807) is 0 Å². The van der Waals surface area contributed by atoms with Gasteiger partial charge in [-0.3, -0.25) is 4.79 Å². The lowest BCUT2D eigenvalue weighted by Gasteiger charge is -2.06. The van der Waals surface area contributed by atoms with E-state index in [-0.39, 0.29) is 18.3 Å². The molecular weight excluding hydrogens is 194 g/mol. The van der Waals surface area contributed by atoms with Gasteiger partial charge in [-0.15, -0.1) is 0 Å². The number of likely N-dealkylation sites (N-methyl/N-ethyl adjacent to an activating group) is 1. The van der Waals surface area contributed by atoms with Crippen molar-refractivity contribution in [2.24, 2.45) is 5.92 Å². The molecule has 0 aromatic carbocycles. The lowest BCUT2D eigenvalue weighted by molar-refractivity contribution is -0.127. The summed E-state index contributed by atoms with van der Waals surface area (Å²) in [7, 11) is 0. The van der Waals surface area contributed by atoms with Gasteiger partial charge < -0.3 is 14.8 Å². The summed E-state index contributed by atoms with van der Waals surface area (Å²) in [5, 5.41) is 3.15. The van der Waals surface area contributed by atoms with Crippen LogP contribution in [0.5, 0.6) is 0 Å². The second kappa shape index (κ2) is 10.1. The van der Waals surface area contributed by atoms with Crippen molar-refractivity contribution in [1.82, 2.24) is 5.32 Å². The zero-order chi connectivity index (χ0) is 11.5. The predicted molar refractivity (Wildman–Crippen MR) is 60.0 cm³/mol. The average Bonchev–Trinajstić information content (AvgIpc) is 2.21. The molecule has 0 aliphatic rings. The summed E-state index contributed by atoms with van der Waals surface area (Å²) in [5.74, 6) is 0.197. The molecule has 0 radical (unpaired) electrons. The first-order valence-electron chi connectivity index (χ1n) is 5.57. The van der Waals surface area contributed by atoms with Gasteiger partial charge in [0.25, 0.3) is 0 Å². The molecule has 0 aliphatic carbocycles. The van der Waals surface area contributed by atoms with Crippen LogP contribution in [-0.2, 0) is 14.3 Å². The summed E-state index contributed by atoms with van der Waals surface area (Å²) >= 11 is 0. The number of ether oxygens (including phenoxy) is 2. The summed E-state index contributed by atoms with van der Waals surface area (Å²) in [4.78, 5) is 11.1. The minimum atomic E-state index is 0.0553. The zero-order valence-corrected chi connectivity index (χ0v) is 10.0. The molecule has 0 rings (SSSR count). The van der Waals surface area contributed by atoms with E-state index in [4.69, 9.17) is 9.47 Å². The molecule has 4 heteroatoms. The van der Waals surface area contributed by atoms with E-state index >= 15 is 0 Å². The fraction of sp³-hybridized carbons (Fsp3) is 0.909. The van der Waals surface area contributed by atoms with Crippen LogP contribution in [0.4, 0.5) is 0 Å². The smallest absolute Gasteiger partial charge is 0.160 e. The van der Waals surface area contributed by atoms with E-state index in [0.717, 1.165) is 13.1 Å². The summed E-state index contributed by atoms with van der Waals surface area (Å²) in [6.45, 7) is 9.56. The summed E-state index contributed by atoms with van der Waals surface area (Å²) in [6, 6.07) is 0. The maximum Gasteiger partial charge on any atom is 0.160 e. The van der Waals surface area contributed by atoms with E-state index in [0.29, 0.717) is 19.8 Å². The summed E-state index contributed by atoms with van der Waals surface area (Å²) in [6.07, 6.45) is 0. The minimum Gasteiger partial charge on any atom is -0.378 e. The highest BCUT2D eigenvalue weighted by Gasteiger charge is 2.06. The third kappa shape index (κ3) is 9.85. The number of Topliss-reactive ketones (excluding diaryl/α,β-unsaturated/α-hetero) is 1. The quantitative estimate of drug-likeness (QED) is 0.551. The van der Waals surface area contributed by atoms with Gasteiger partial charge >= 0.3 is 0 Å². The van der Waals surface area contributed by atoms with Crippen molar-refractivity contribution in [1.29, 1.82) is 0 Å². The standard InChI is InChI=1S/C11H23NO3/c1-4-12-5-6-14-7-8-15-9-11(13)10(2)3/h10,12H,4-9H2,1-3H3. The van der Waals surface area contributed by atoms with Gasteiger partial charge in [0.15, 0.2) is 5.78 Å². The molecule has 0 spiro atoms. The van der Waals surface area contributed by atoms with Crippen molar-refractivity contribution in [2.45, 2.75) is 20.8 Å². The molecule has 0 unspecified atom stereocenters. The molecule has 0 bridgehead atoms. The van der Waals surface area contributed by atoms with Crippen LogP contribution in [0.3, 0.4) is 0 Å². The molecule has 0 aromatic heterocycles. The van der Waals surface area contributed by atoms with Crippen LogP contribution in [0, 0.1) is 5.92 Å². The predicted octanol–water partition coefficient (Wildman–Crippen LogP) is 0.854. The maximum atomic E-state index is 11.1. The lowest BCUT2D eigenvalue weighted by Crippen LogP contribution is -2.21. The van der Waals surface area contributed by atoms with Gasteiger partial charge in [0.05, 0.1) is 19.8 Å². The second-order valence-corrected chi connectivity index (χ2v) is 3.64. The van der Waals surface area contributed by atoms with Gasteiger partial charge in [-0.25, -0.2) is 0 Å². The van der Waals surface area contributed by atoms with Gasteiger partial charge in [-0.2, -0.15) is 0 Å². The lowest BCUT2D eigenvalue weighted by atomic mass is 10.1. The van der Waals surface area contributed by atoms with Crippen LogP contribution in [0.15, 0.2) is 0 Å². The van der Waals surface area contributed by atoms with Gasteiger partial charge in [-0.1, -0.05) is 20.8 Å². The van der Waals surface area contributed by atoms with Crippen LogP contribution in [0.25, 0.3) is 0 Å². The van der Waals surface area contributed by atoms with Gasteiger partial charge in [0.2, 0.25) is 0 Å². The third-order valence-electron chi connectivity index (χ3n) is 1.93. The zero-order valence-electron chi connectivity index (χ0n) is 10.0. The number of hydrogen-bond donors (Lipinski definition) is 1. The SMILES string of the molecule is CCNCCOCCOCC(=O)C(C)C. The number of carbonyl (C=O) groups is 1. The Labute approximate surface area is 92.3 Å². The van der Waals surface area contributed by atoms with Crippen molar-refractivity contribution in [3.63, 3.8) is 0 Å². The second-order valence-electron chi connectivity index (χ2n) is 3.64. The Morgan fingerprint density at radius 2 is 1.87 bits per heavy atom. The number of ketones is 1. The average molecular weight is 217 g/mol. The van der Waals surface area contributed by atoms with Gasteiger partial charge in [0.1, 0.15) is 6.61 Å². The molecule has 0 amide bonds. The molecule has 0 atom stereocenters. The molecule has 0 heterocycles. The molecule has 1 N–H and O–H groups in total. The van der Waals surface area contributed by atoms with Crippen molar-refractivity contribution < 1.29 is 14.3 Å². The normalized spacial score (nSPS) is 10.9. The first-order chi connectivity index (χ1) is 7.18. The Balaban J connectivity index is 3.08. The Morgan fingerprint density at radius 3 is 2.47 bits per heavy atom. The van der Waals surface area contributed by atoms with E-state index in [1.165, 1.54) is 0 Å². The van der Waals surface area contributed by atoms with Crippen LogP contribution >= 0.6 is 0 Å². The van der Waals surface area contributed by atoms with Gasteiger partial charge in [-0.05, 0) is 6.54 Å². The molecule has 0 aromatic rings. The molecule has 4 nitrogen and oxygen atoms in total. The fourth-order valence-corrected chi connectivity index (χ4v) is 0.880. The van der Waals surface area contributed by atoms with Crippen molar-refractivity contribution in [2.75, 3.05) is 39.5 Å². The topological polar surface area (TPSA) is 47.6 Å². The molecule has 0 saturated carbocycles. The highest BCUT2D eigenvalue weighted by Crippen LogP contribution is 1.94. The Hall–Kier alpha value is -0.450. The first kappa shape index (κ1) is 14.6. The first-order valence-corrected chi connectivity index (χ1v) is 5.57. The monoisotopic (exact) mass is 217 g/mol. The van der Waals surface area contributed by atoms with E-state index in [1.807, 2.05) is 13.8 Å². The molecule has 0 saturated heterocycles. The van der Waals surface area contributed by atoms with Crippen molar-refractivity contribution in [3.05, 3.63) is 0 Å². The largest absolute Gasteiger partial charge is 0.378 e. The Morgan fingerprint density at radius 1 is 1.20 bits per heavy atom. The number of hydrogen-bond acceptors (Lipinski definition) is 4. The van der Waals surface area contributed by atoms with Crippen LogP contribution in [0.1, 0.15) is 20.8 Å².